The zero-order valence-corrected chi connectivity index (χ0v) is 15.1. The highest BCUT2D eigenvalue weighted by Crippen LogP contribution is 2.35. The van der Waals surface area contributed by atoms with Crippen LogP contribution < -0.4 is 4.74 Å². The van der Waals surface area contributed by atoms with Crippen molar-refractivity contribution in [3.05, 3.63) is 68.7 Å². The van der Waals surface area contributed by atoms with Gasteiger partial charge in [-0.2, -0.15) is 0 Å². The standard InChI is InChI=1S/C19H21ClN2O3/c1-21(2)16-6-4-13-3-5-14(20)11-18(13)19(12-16)25-17-9-7-15(8-10-17)22(23)24/h3,5,7-11,16,19H,4,6,12H2,1-2H3. The average Bonchev–Trinajstić information content (AvgIpc) is 2.75. The number of rotatable bonds is 4. The largest absolute Gasteiger partial charge is 0.486 e. The van der Waals surface area contributed by atoms with Crippen molar-refractivity contribution >= 4 is 17.3 Å². The highest BCUT2D eigenvalue weighted by Gasteiger charge is 2.27. The third-order valence-electron chi connectivity index (χ3n) is 4.74. The van der Waals surface area contributed by atoms with Crippen LogP contribution in [-0.4, -0.2) is 30.0 Å². The van der Waals surface area contributed by atoms with Gasteiger partial charge in [-0.05, 0) is 62.3 Å². The van der Waals surface area contributed by atoms with E-state index in [1.807, 2.05) is 12.1 Å². The van der Waals surface area contributed by atoms with E-state index < -0.39 is 4.92 Å². The lowest BCUT2D eigenvalue weighted by molar-refractivity contribution is -0.384. The van der Waals surface area contributed by atoms with Crippen LogP contribution in [0.15, 0.2) is 42.5 Å². The fraction of sp³-hybridized carbons (Fsp3) is 0.368. The van der Waals surface area contributed by atoms with Crippen LogP contribution >= 0.6 is 11.6 Å². The number of fused-ring (bicyclic) bond motifs is 1. The van der Waals surface area contributed by atoms with Gasteiger partial charge in [-0.15, -0.1) is 0 Å². The van der Waals surface area contributed by atoms with Crippen LogP contribution in [0.4, 0.5) is 5.69 Å². The van der Waals surface area contributed by atoms with Gasteiger partial charge in [0.15, 0.2) is 0 Å². The van der Waals surface area contributed by atoms with Crippen molar-refractivity contribution < 1.29 is 9.66 Å². The number of aryl methyl sites for hydroxylation is 1. The highest BCUT2D eigenvalue weighted by molar-refractivity contribution is 6.30. The van der Waals surface area contributed by atoms with E-state index in [2.05, 4.69) is 25.1 Å². The molecule has 2 atom stereocenters. The molecule has 3 rings (SSSR count). The topological polar surface area (TPSA) is 55.6 Å². The van der Waals surface area contributed by atoms with Crippen LogP contribution in [0.2, 0.25) is 5.02 Å². The summed E-state index contributed by atoms with van der Waals surface area (Å²) < 4.78 is 6.22. The van der Waals surface area contributed by atoms with Crippen molar-refractivity contribution in [3.63, 3.8) is 0 Å². The molecule has 0 spiro atoms. The van der Waals surface area contributed by atoms with Gasteiger partial charge in [0.25, 0.3) is 5.69 Å². The minimum absolute atomic E-state index is 0.0582. The van der Waals surface area contributed by atoms with Crippen molar-refractivity contribution in [2.45, 2.75) is 31.4 Å². The van der Waals surface area contributed by atoms with Gasteiger partial charge in [-0.1, -0.05) is 17.7 Å². The number of hydrogen-bond acceptors (Lipinski definition) is 4. The molecule has 2 aromatic carbocycles. The zero-order chi connectivity index (χ0) is 18.0. The summed E-state index contributed by atoms with van der Waals surface area (Å²) in [5, 5.41) is 11.5. The van der Waals surface area contributed by atoms with E-state index in [1.54, 1.807) is 12.1 Å². The Labute approximate surface area is 152 Å². The van der Waals surface area contributed by atoms with Gasteiger partial charge in [-0.25, -0.2) is 0 Å². The molecule has 1 aliphatic rings. The lowest BCUT2D eigenvalue weighted by atomic mass is 10.0. The van der Waals surface area contributed by atoms with Gasteiger partial charge in [-0.3, -0.25) is 10.1 Å². The molecule has 0 N–H and O–H groups in total. The number of nitro groups is 1. The maximum absolute atomic E-state index is 10.8. The summed E-state index contributed by atoms with van der Waals surface area (Å²) in [6.07, 6.45) is 2.75. The Morgan fingerprint density at radius 1 is 1.20 bits per heavy atom. The maximum atomic E-state index is 10.8. The summed E-state index contributed by atoms with van der Waals surface area (Å²) in [6.45, 7) is 0. The van der Waals surface area contributed by atoms with Crippen molar-refractivity contribution in [2.24, 2.45) is 0 Å². The first-order valence-electron chi connectivity index (χ1n) is 8.30. The number of benzene rings is 2. The number of halogens is 1. The monoisotopic (exact) mass is 360 g/mol. The third kappa shape index (κ3) is 4.11. The van der Waals surface area contributed by atoms with E-state index in [4.69, 9.17) is 16.3 Å². The Balaban J connectivity index is 1.90. The number of non-ortho nitro benzene ring substituents is 1. The molecule has 0 saturated carbocycles. The second-order valence-electron chi connectivity index (χ2n) is 6.59. The van der Waals surface area contributed by atoms with Gasteiger partial charge in [0, 0.05) is 29.6 Å². The SMILES string of the molecule is CN(C)C1CCc2ccc(Cl)cc2C(Oc2ccc([N+](=O)[O-])cc2)C1. The number of nitrogens with zero attached hydrogens (tertiary/aromatic N) is 2. The second-order valence-corrected chi connectivity index (χ2v) is 7.03. The first kappa shape index (κ1) is 17.7. The maximum Gasteiger partial charge on any atom is 0.269 e. The van der Waals surface area contributed by atoms with Gasteiger partial charge < -0.3 is 9.64 Å². The highest BCUT2D eigenvalue weighted by atomic mass is 35.5. The van der Waals surface area contributed by atoms with Crippen LogP contribution in [0.25, 0.3) is 0 Å². The van der Waals surface area contributed by atoms with Gasteiger partial charge >= 0.3 is 0 Å². The minimum Gasteiger partial charge on any atom is -0.486 e. The van der Waals surface area contributed by atoms with Gasteiger partial charge in [0.05, 0.1) is 4.92 Å². The molecule has 0 amide bonds. The van der Waals surface area contributed by atoms with Gasteiger partial charge in [0.1, 0.15) is 11.9 Å². The first-order chi connectivity index (χ1) is 11.9. The van der Waals surface area contributed by atoms with Crippen molar-refractivity contribution in [1.29, 1.82) is 0 Å². The predicted molar refractivity (Wildman–Crippen MR) is 98.3 cm³/mol. The number of hydrogen-bond donors (Lipinski definition) is 0. The molecule has 1 aliphatic carbocycles. The van der Waals surface area contributed by atoms with E-state index >= 15 is 0 Å². The molecule has 0 fully saturated rings. The van der Waals surface area contributed by atoms with Crippen molar-refractivity contribution in [2.75, 3.05) is 14.1 Å². The number of nitro benzene ring substituents is 1. The predicted octanol–water partition coefficient (Wildman–Crippen LogP) is 4.63. The molecule has 0 saturated heterocycles. The molecule has 0 heterocycles. The van der Waals surface area contributed by atoms with Crippen LogP contribution in [0.5, 0.6) is 5.75 Å². The van der Waals surface area contributed by atoms with Gasteiger partial charge in [0.2, 0.25) is 0 Å². The summed E-state index contributed by atoms with van der Waals surface area (Å²) in [6, 6.07) is 12.6. The van der Waals surface area contributed by atoms with Crippen LogP contribution in [-0.2, 0) is 6.42 Å². The zero-order valence-electron chi connectivity index (χ0n) is 14.3. The van der Waals surface area contributed by atoms with Crippen LogP contribution in [0.3, 0.4) is 0 Å². The lowest BCUT2D eigenvalue weighted by Gasteiger charge is -2.27. The summed E-state index contributed by atoms with van der Waals surface area (Å²) >= 11 is 6.21. The molecule has 2 unspecified atom stereocenters. The van der Waals surface area contributed by atoms with E-state index in [0.717, 1.165) is 24.8 Å². The summed E-state index contributed by atoms with van der Waals surface area (Å²) in [5.74, 6) is 0.626. The summed E-state index contributed by atoms with van der Waals surface area (Å²) in [7, 11) is 4.16. The molecule has 0 bridgehead atoms. The fourth-order valence-corrected chi connectivity index (χ4v) is 3.48. The number of ether oxygens (including phenoxy) is 1. The summed E-state index contributed by atoms with van der Waals surface area (Å²) in [5.41, 5.74) is 2.42. The molecule has 0 aliphatic heterocycles. The van der Waals surface area contributed by atoms with E-state index in [0.29, 0.717) is 16.8 Å². The molecule has 132 valence electrons. The minimum atomic E-state index is -0.410. The normalized spacial score (nSPS) is 20.0. The van der Waals surface area contributed by atoms with E-state index in [-0.39, 0.29) is 11.8 Å². The van der Waals surface area contributed by atoms with Crippen molar-refractivity contribution in [3.8, 4) is 5.75 Å². The smallest absolute Gasteiger partial charge is 0.269 e. The molecular weight excluding hydrogens is 340 g/mol. The quantitative estimate of drug-likeness (QED) is 0.453. The lowest BCUT2D eigenvalue weighted by Crippen LogP contribution is -2.30. The molecule has 25 heavy (non-hydrogen) atoms. The first-order valence-corrected chi connectivity index (χ1v) is 8.67. The molecule has 5 nitrogen and oxygen atoms in total. The Kier molecular flexibility index (Phi) is 5.25. The Morgan fingerprint density at radius 3 is 2.56 bits per heavy atom. The van der Waals surface area contributed by atoms with Crippen LogP contribution in [0.1, 0.15) is 30.1 Å². The molecule has 0 aromatic heterocycles. The summed E-state index contributed by atoms with van der Waals surface area (Å²) in [4.78, 5) is 12.6. The van der Waals surface area contributed by atoms with Crippen molar-refractivity contribution in [1.82, 2.24) is 4.90 Å². The van der Waals surface area contributed by atoms with E-state index in [1.165, 1.54) is 17.7 Å². The Bertz CT molecular complexity index is 762. The molecule has 2 aromatic rings. The fourth-order valence-electron chi connectivity index (χ4n) is 3.30. The second kappa shape index (κ2) is 7.42. The molecular formula is C19H21ClN2O3. The Morgan fingerprint density at radius 2 is 1.92 bits per heavy atom. The molecule has 6 heteroatoms. The average molecular weight is 361 g/mol. The van der Waals surface area contributed by atoms with Crippen LogP contribution in [0, 0.1) is 10.1 Å². The third-order valence-corrected chi connectivity index (χ3v) is 4.98. The molecule has 0 radical (unpaired) electrons. The Hall–Kier alpha value is -2.11. The van der Waals surface area contributed by atoms with E-state index in [9.17, 15) is 10.1 Å².